The molecule has 0 saturated carbocycles. The van der Waals surface area contributed by atoms with Crippen molar-refractivity contribution in [2.75, 3.05) is 32.1 Å². The third-order valence-corrected chi connectivity index (χ3v) is 2.35. The van der Waals surface area contributed by atoms with Gasteiger partial charge in [0.05, 0.1) is 6.61 Å². The first-order valence-electron chi connectivity index (χ1n) is 5.26. The summed E-state index contributed by atoms with van der Waals surface area (Å²) >= 11 is 0. The molecule has 0 atom stereocenters. The normalized spacial score (nSPS) is 10.7. The fourth-order valence-corrected chi connectivity index (χ4v) is 1.41. The van der Waals surface area contributed by atoms with Crippen LogP contribution < -0.4 is 5.32 Å². The summed E-state index contributed by atoms with van der Waals surface area (Å²) in [6.07, 6.45) is 1.87. The average Bonchev–Trinajstić information content (AvgIpc) is 2.29. The van der Waals surface area contributed by atoms with Crippen LogP contribution in [0.5, 0.6) is 0 Å². The van der Waals surface area contributed by atoms with Gasteiger partial charge in [0.25, 0.3) is 0 Å². The van der Waals surface area contributed by atoms with E-state index in [4.69, 9.17) is 5.11 Å². The highest BCUT2D eigenvalue weighted by Crippen LogP contribution is 2.06. The molecule has 0 amide bonds. The quantitative estimate of drug-likeness (QED) is 0.732. The number of aromatic nitrogens is 1. The van der Waals surface area contributed by atoms with Crippen molar-refractivity contribution in [3.63, 3.8) is 0 Å². The Balaban J connectivity index is 2.55. The highest BCUT2D eigenvalue weighted by molar-refractivity contribution is 5.34. The maximum Gasteiger partial charge on any atom is 0.125 e. The Kier molecular flexibility index (Phi) is 5.07. The Hall–Kier alpha value is -1.13. The number of pyridine rings is 1. The molecule has 0 radical (unpaired) electrons. The SMILES string of the molecule is CCN(CCO)Cc1ccc(NC)nc1. The lowest BCUT2D eigenvalue weighted by molar-refractivity contribution is 0.196. The number of nitrogens with zero attached hydrogens (tertiary/aromatic N) is 2. The third-order valence-electron chi connectivity index (χ3n) is 2.35. The molecular formula is C11H19N3O. The van der Waals surface area contributed by atoms with Crippen LogP contribution in [-0.2, 0) is 6.54 Å². The zero-order valence-corrected chi connectivity index (χ0v) is 9.40. The van der Waals surface area contributed by atoms with Gasteiger partial charge < -0.3 is 10.4 Å². The molecule has 0 bridgehead atoms. The molecule has 0 unspecified atom stereocenters. The molecule has 4 nitrogen and oxygen atoms in total. The van der Waals surface area contributed by atoms with E-state index in [1.165, 1.54) is 5.56 Å². The Morgan fingerprint density at radius 3 is 2.73 bits per heavy atom. The summed E-state index contributed by atoms with van der Waals surface area (Å²) in [4.78, 5) is 6.42. The second-order valence-corrected chi connectivity index (χ2v) is 3.39. The number of nitrogens with one attached hydrogen (secondary N) is 1. The van der Waals surface area contributed by atoms with Gasteiger partial charge in [0.2, 0.25) is 0 Å². The molecule has 1 rings (SSSR count). The van der Waals surface area contributed by atoms with Crippen LogP contribution in [0.25, 0.3) is 0 Å². The lowest BCUT2D eigenvalue weighted by Gasteiger charge is -2.18. The minimum absolute atomic E-state index is 0.204. The van der Waals surface area contributed by atoms with Gasteiger partial charge in [0, 0.05) is 26.3 Å². The number of aliphatic hydroxyl groups is 1. The Morgan fingerprint density at radius 1 is 1.47 bits per heavy atom. The first-order valence-corrected chi connectivity index (χ1v) is 5.26. The number of rotatable bonds is 6. The lowest BCUT2D eigenvalue weighted by Crippen LogP contribution is -2.26. The van der Waals surface area contributed by atoms with Crippen molar-refractivity contribution in [2.45, 2.75) is 13.5 Å². The van der Waals surface area contributed by atoms with Crippen molar-refractivity contribution in [1.29, 1.82) is 0 Å². The molecule has 1 aromatic rings. The molecule has 0 fully saturated rings. The summed E-state index contributed by atoms with van der Waals surface area (Å²) in [5.74, 6) is 0.879. The van der Waals surface area contributed by atoms with Crippen LogP contribution >= 0.6 is 0 Å². The van der Waals surface area contributed by atoms with Crippen molar-refractivity contribution in [1.82, 2.24) is 9.88 Å². The van der Waals surface area contributed by atoms with Gasteiger partial charge in [-0.15, -0.1) is 0 Å². The fourth-order valence-electron chi connectivity index (χ4n) is 1.41. The molecule has 1 aromatic heterocycles. The van der Waals surface area contributed by atoms with E-state index in [0.29, 0.717) is 6.54 Å². The highest BCUT2D eigenvalue weighted by Gasteiger charge is 2.02. The zero-order valence-electron chi connectivity index (χ0n) is 9.40. The van der Waals surface area contributed by atoms with E-state index < -0.39 is 0 Å². The van der Waals surface area contributed by atoms with Crippen LogP contribution in [0, 0.1) is 0 Å². The largest absolute Gasteiger partial charge is 0.395 e. The third kappa shape index (κ3) is 3.85. The van der Waals surface area contributed by atoms with E-state index in [2.05, 4.69) is 28.2 Å². The molecule has 4 heteroatoms. The van der Waals surface area contributed by atoms with Crippen LogP contribution in [0.15, 0.2) is 18.3 Å². The van der Waals surface area contributed by atoms with Gasteiger partial charge in [-0.05, 0) is 18.2 Å². The van der Waals surface area contributed by atoms with Crippen molar-refractivity contribution in [3.8, 4) is 0 Å². The summed E-state index contributed by atoms with van der Waals surface area (Å²) in [5, 5.41) is 11.8. The Bertz CT molecular complexity index is 274. The minimum Gasteiger partial charge on any atom is -0.395 e. The maximum absolute atomic E-state index is 8.86. The van der Waals surface area contributed by atoms with Gasteiger partial charge in [-0.2, -0.15) is 0 Å². The van der Waals surface area contributed by atoms with Crippen molar-refractivity contribution in [3.05, 3.63) is 23.9 Å². The van der Waals surface area contributed by atoms with E-state index in [-0.39, 0.29) is 6.61 Å². The monoisotopic (exact) mass is 209 g/mol. The van der Waals surface area contributed by atoms with Gasteiger partial charge in [0.15, 0.2) is 0 Å². The van der Waals surface area contributed by atoms with Crippen LogP contribution in [0.4, 0.5) is 5.82 Å². The maximum atomic E-state index is 8.86. The van der Waals surface area contributed by atoms with E-state index in [9.17, 15) is 0 Å². The van der Waals surface area contributed by atoms with Gasteiger partial charge in [-0.3, -0.25) is 4.90 Å². The van der Waals surface area contributed by atoms with Gasteiger partial charge in [-0.25, -0.2) is 4.98 Å². The predicted molar refractivity (Wildman–Crippen MR) is 61.8 cm³/mol. The highest BCUT2D eigenvalue weighted by atomic mass is 16.3. The van der Waals surface area contributed by atoms with E-state index in [1.807, 2.05) is 19.3 Å². The number of hydrogen-bond donors (Lipinski definition) is 2. The summed E-state index contributed by atoms with van der Waals surface area (Å²) < 4.78 is 0. The van der Waals surface area contributed by atoms with Gasteiger partial charge >= 0.3 is 0 Å². The number of likely N-dealkylation sites (N-methyl/N-ethyl adjacent to an activating group) is 1. The van der Waals surface area contributed by atoms with E-state index in [1.54, 1.807) is 0 Å². The molecular weight excluding hydrogens is 190 g/mol. The van der Waals surface area contributed by atoms with Crippen LogP contribution in [0.2, 0.25) is 0 Å². The van der Waals surface area contributed by atoms with E-state index >= 15 is 0 Å². The zero-order chi connectivity index (χ0) is 11.1. The van der Waals surface area contributed by atoms with Crippen molar-refractivity contribution < 1.29 is 5.11 Å². The Morgan fingerprint density at radius 2 is 2.27 bits per heavy atom. The summed E-state index contributed by atoms with van der Waals surface area (Å²) in [6.45, 7) is 4.79. The second kappa shape index (κ2) is 6.37. The fraction of sp³-hybridized carbons (Fsp3) is 0.545. The average molecular weight is 209 g/mol. The van der Waals surface area contributed by atoms with Crippen molar-refractivity contribution >= 4 is 5.82 Å². The second-order valence-electron chi connectivity index (χ2n) is 3.39. The van der Waals surface area contributed by atoms with Gasteiger partial charge in [0.1, 0.15) is 5.82 Å². The molecule has 0 aliphatic carbocycles. The first kappa shape index (κ1) is 11.9. The molecule has 0 aliphatic rings. The molecule has 15 heavy (non-hydrogen) atoms. The molecule has 0 aromatic carbocycles. The summed E-state index contributed by atoms with van der Waals surface area (Å²) in [6, 6.07) is 4.01. The van der Waals surface area contributed by atoms with E-state index in [0.717, 1.165) is 18.9 Å². The topological polar surface area (TPSA) is 48.4 Å². The number of aliphatic hydroxyl groups excluding tert-OH is 1. The molecule has 0 aliphatic heterocycles. The number of hydrogen-bond acceptors (Lipinski definition) is 4. The summed E-state index contributed by atoms with van der Waals surface area (Å²) in [5.41, 5.74) is 1.17. The first-order chi connectivity index (χ1) is 7.30. The van der Waals surface area contributed by atoms with Gasteiger partial charge in [-0.1, -0.05) is 13.0 Å². The smallest absolute Gasteiger partial charge is 0.125 e. The van der Waals surface area contributed by atoms with Crippen LogP contribution in [0.3, 0.4) is 0 Å². The Labute approximate surface area is 90.9 Å². The standard InChI is InChI=1S/C11H19N3O/c1-3-14(6-7-15)9-10-4-5-11(12-2)13-8-10/h4-5,8,15H,3,6-7,9H2,1-2H3,(H,12,13). The van der Waals surface area contributed by atoms with Crippen molar-refractivity contribution in [2.24, 2.45) is 0 Å². The summed E-state index contributed by atoms with van der Waals surface area (Å²) in [7, 11) is 1.85. The molecule has 0 saturated heterocycles. The van der Waals surface area contributed by atoms with Crippen LogP contribution in [-0.4, -0.2) is 41.7 Å². The molecule has 1 heterocycles. The molecule has 84 valence electrons. The lowest BCUT2D eigenvalue weighted by atomic mass is 10.2. The minimum atomic E-state index is 0.204. The van der Waals surface area contributed by atoms with Crippen LogP contribution in [0.1, 0.15) is 12.5 Å². The molecule has 0 spiro atoms. The predicted octanol–water partition coefficient (Wildman–Crippen LogP) is 0.937. The number of anilines is 1. The molecule has 2 N–H and O–H groups in total.